The molecule has 1 amide bonds. The maximum atomic E-state index is 12.3. The van der Waals surface area contributed by atoms with Gasteiger partial charge in [-0.2, -0.15) is 5.10 Å². The summed E-state index contributed by atoms with van der Waals surface area (Å²) in [4.78, 5) is 12.3. The molecule has 0 bridgehead atoms. The average molecular weight is 492 g/mol. The van der Waals surface area contributed by atoms with Crippen molar-refractivity contribution in [2.75, 3.05) is 5.75 Å². The van der Waals surface area contributed by atoms with Gasteiger partial charge in [-0.05, 0) is 61.0 Å². The standard InChI is InChI=1S/C25H22ClN5O2S/c1-2-31-24(19-11-13-20(26)14-12-19)29-30-25(31)34-17-23(32)28-27-16-18-7-6-10-22(15-18)33-21-8-4-3-5-9-21/h3-16H,2,17H2,1H3,(H,28,32)/b27-16-. The molecule has 1 aromatic heterocycles. The van der Waals surface area contributed by atoms with Crippen LogP contribution in [0.4, 0.5) is 0 Å². The summed E-state index contributed by atoms with van der Waals surface area (Å²) in [5.41, 5.74) is 4.27. The summed E-state index contributed by atoms with van der Waals surface area (Å²) in [6.07, 6.45) is 1.58. The molecule has 1 heterocycles. The summed E-state index contributed by atoms with van der Waals surface area (Å²) in [5.74, 6) is 2.09. The molecular weight excluding hydrogens is 470 g/mol. The fourth-order valence-corrected chi connectivity index (χ4v) is 4.04. The molecule has 4 rings (SSSR count). The van der Waals surface area contributed by atoms with E-state index in [1.54, 1.807) is 6.21 Å². The van der Waals surface area contributed by atoms with Crippen molar-refractivity contribution in [1.29, 1.82) is 0 Å². The number of halogens is 1. The first kappa shape index (κ1) is 23.5. The number of nitrogens with zero attached hydrogens (tertiary/aromatic N) is 4. The van der Waals surface area contributed by atoms with Gasteiger partial charge in [0.15, 0.2) is 11.0 Å². The van der Waals surface area contributed by atoms with Crippen LogP contribution in [0.25, 0.3) is 11.4 Å². The van der Waals surface area contributed by atoms with Gasteiger partial charge in [0.05, 0.1) is 12.0 Å². The molecule has 0 aliphatic carbocycles. The SMILES string of the molecule is CCn1c(SCC(=O)N/N=C\c2cccc(Oc3ccccc3)c2)nnc1-c1ccc(Cl)cc1. The molecule has 0 atom stereocenters. The number of hydrogen-bond acceptors (Lipinski definition) is 6. The van der Waals surface area contributed by atoms with Gasteiger partial charge < -0.3 is 9.30 Å². The summed E-state index contributed by atoms with van der Waals surface area (Å²) >= 11 is 7.28. The summed E-state index contributed by atoms with van der Waals surface area (Å²) in [5, 5.41) is 13.9. The highest BCUT2D eigenvalue weighted by atomic mass is 35.5. The number of hydrazone groups is 1. The number of carbonyl (C=O) groups excluding carboxylic acids is 1. The van der Waals surface area contributed by atoms with Gasteiger partial charge in [0, 0.05) is 17.1 Å². The molecule has 34 heavy (non-hydrogen) atoms. The molecule has 0 spiro atoms. The zero-order valence-electron chi connectivity index (χ0n) is 18.4. The van der Waals surface area contributed by atoms with E-state index in [1.807, 2.05) is 90.4 Å². The van der Waals surface area contributed by atoms with Gasteiger partial charge in [0.25, 0.3) is 5.91 Å². The Morgan fingerprint density at radius 1 is 1.06 bits per heavy atom. The second kappa shape index (κ2) is 11.5. The Kier molecular flexibility index (Phi) is 7.95. The lowest BCUT2D eigenvalue weighted by Crippen LogP contribution is -2.20. The van der Waals surface area contributed by atoms with Crippen molar-refractivity contribution in [3.8, 4) is 22.9 Å². The fraction of sp³-hybridized carbons (Fsp3) is 0.120. The van der Waals surface area contributed by atoms with Crippen LogP contribution in [0, 0.1) is 0 Å². The Balaban J connectivity index is 1.32. The minimum atomic E-state index is -0.239. The lowest BCUT2D eigenvalue weighted by atomic mass is 10.2. The first-order valence-corrected chi connectivity index (χ1v) is 12.0. The van der Waals surface area contributed by atoms with Crippen LogP contribution in [0.15, 0.2) is 89.1 Å². The van der Waals surface area contributed by atoms with Crippen LogP contribution in [-0.2, 0) is 11.3 Å². The van der Waals surface area contributed by atoms with Crippen LogP contribution in [0.5, 0.6) is 11.5 Å². The van der Waals surface area contributed by atoms with Crippen LogP contribution >= 0.6 is 23.4 Å². The number of thioether (sulfide) groups is 1. The largest absolute Gasteiger partial charge is 0.457 e. The normalized spacial score (nSPS) is 11.0. The van der Waals surface area contributed by atoms with Gasteiger partial charge in [-0.15, -0.1) is 10.2 Å². The zero-order chi connectivity index (χ0) is 23.8. The molecule has 0 radical (unpaired) electrons. The van der Waals surface area contributed by atoms with Crippen LogP contribution in [-0.4, -0.2) is 32.6 Å². The Hall–Kier alpha value is -3.62. The predicted octanol–water partition coefficient (Wildman–Crippen LogP) is 5.65. The van der Waals surface area contributed by atoms with Gasteiger partial charge in [0.1, 0.15) is 11.5 Å². The number of carbonyl (C=O) groups is 1. The molecule has 0 aliphatic heterocycles. The summed E-state index contributed by atoms with van der Waals surface area (Å²) in [7, 11) is 0. The Labute approximate surface area is 206 Å². The van der Waals surface area contributed by atoms with E-state index in [0.29, 0.717) is 22.5 Å². The highest BCUT2D eigenvalue weighted by Crippen LogP contribution is 2.25. The number of nitrogens with one attached hydrogen (secondary N) is 1. The lowest BCUT2D eigenvalue weighted by molar-refractivity contribution is -0.118. The van der Waals surface area contributed by atoms with E-state index >= 15 is 0 Å². The quantitative estimate of drug-likeness (QED) is 0.186. The maximum Gasteiger partial charge on any atom is 0.250 e. The first-order chi connectivity index (χ1) is 16.6. The van der Waals surface area contributed by atoms with Crippen molar-refractivity contribution in [2.45, 2.75) is 18.6 Å². The van der Waals surface area contributed by atoms with E-state index in [-0.39, 0.29) is 11.7 Å². The molecule has 9 heteroatoms. The van der Waals surface area contributed by atoms with Gasteiger partial charge in [-0.25, -0.2) is 5.43 Å². The summed E-state index contributed by atoms with van der Waals surface area (Å²) in [6.45, 7) is 2.68. The predicted molar refractivity (Wildman–Crippen MR) is 136 cm³/mol. The summed E-state index contributed by atoms with van der Waals surface area (Å²) < 4.78 is 7.78. The van der Waals surface area contributed by atoms with E-state index in [0.717, 1.165) is 22.7 Å². The smallest absolute Gasteiger partial charge is 0.250 e. The van der Waals surface area contributed by atoms with Gasteiger partial charge in [-0.1, -0.05) is 53.7 Å². The molecule has 0 saturated heterocycles. The molecule has 1 N–H and O–H groups in total. The van der Waals surface area contributed by atoms with Gasteiger partial charge in [-0.3, -0.25) is 4.79 Å². The van der Waals surface area contributed by atoms with Crippen molar-refractivity contribution >= 4 is 35.5 Å². The van der Waals surface area contributed by atoms with Crippen molar-refractivity contribution in [1.82, 2.24) is 20.2 Å². The van der Waals surface area contributed by atoms with E-state index in [4.69, 9.17) is 16.3 Å². The molecule has 0 aliphatic rings. The second-order valence-corrected chi connectivity index (χ2v) is 8.51. The Morgan fingerprint density at radius 2 is 1.82 bits per heavy atom. The fourth-order valence-electron chi connectivity index (χ4n) is 3.12. The molecule has 4 aromatic rings. The minimum absolute atomic E-state index is 0.160. The lowest BCUT2D eigenvalue weighted by Gasteiger charge is -2.07. The topological polar surface area (TPSA) is 81.4 Å². The second-order valence-electron chi connectivity index (χ2n) is 7.13. The molecular formula is C25H22ClN5O2S. The zero-order valence-corrected chi connectivity index (χ0v) is 20.0. The number of aromatic nitrogens is 3. The van der Waals surface area contributed by atoms with E-state index < -0.39 is 0 Å². The number of amides is 1. The van der Waals surface area contributed by atoms with Gasteiger partial charge >= 0.3 is 0 Å². The van der Waals surface area contributed by atoms with Crippen molar-refractivity contribution < 1.29 is 9.53 Å². The van der Waals surface area contributed by atoms with Crippen molar-refractivity contribution in [3.63, 3.8) is 0 Å². The highest BCUT2D eigenvalue weighted by molar-refractivity contribution is 7.99. The monoisotopic (exact) mass is 491 g/mol. The number of rotatable bonds is 9. The van der Waals surface area contributed by atoms with Crippen LogP contribution < -0.4 is 10.2 Å². The average Bonchev–Trinajstić information content (AvgIpc) is 3.27. The number of benzene rings is 3. The third-order valence-electron chi connectivity index (χ3n) is 4.71. The van der Waals surface area contributed by atoms with Crippen LogP contribution in [0.2, 0.25) is 5.02 Å². The Bertz CT molecular complexity index is 1280. The molecule has 172 valence electrons. The van der Waals surface area contributed by atoms with Crippen LogP contribution in [0.1, 0.15) is 12.5 Å². The first-order valence-electron chi connectivity index (χ1n) is 10.6. The van der Waals surface area contributed by atoms with E-state index in [2.05, 4.69) is 20.7 Å². The van der Waals surface area contributed by atoms with Crippen molar-refractivity contribution in [2.24, 2.45) is 5.10 Å². The molecule has 0 fully saturated rings. The molecule has 0 saturated carbocycles. The van der Waals surface area contributed by atoms with E-state index in [1.165, 1.54) is 11.8 Å². The van der Waals surface area contributed by atoms with E-state index in [9.17, 15) is 4.79 Å². The number of para-hydroxylation sites is 1. The third kappa shape index (κ3) is 6.24. The Morgan fingerprint density at radius 3 is 2.59 bits per heavy atom. The van der Waals surface area contributed by atoms with Crippen LogP contribution in [0.3, 0.4) is 0 Å². The summed E-state index contributed by atoms with van der Waals surface area (Å²) in [6, 6.07) is 24.4. The van der Waals surface area contributed by atoms with Crippen molar-refractivity contribution in [3.05, 3.63) is 89.4 Å². The maximum absolute atomic E-state index is 12.3. The molecule has 0 unspecified atom stereocenters. The van der Waals surface area contributed by atoms with Gasteiger partial charge in [0.2, 0.25) is 0 Å². The highest BCUT2D eigenvalue weighted by Gasteiger charge is 2.14. The third-order valence-corrected chi connectivity index (χ3v) is 5.93. The number of hydrogen-bond donors (Lipinski definition) is 1. The number of ether oxygens (including phenoxy) is 1. The minimum Gasteiger partial charge on any atom is -0.457 e. The molecule has 3 aromatic carbocycles. The molecule has 7 nitrogen and oxygen atoms in total.